The third kappa shape index (κ3) is 3.62. The molecule has 1 amide bonds. The first-order valence-corrected chi connectivity index (χ1v) is 8.45. The average molecular weight is 309 g/mol. The first-order valence-electron chi connectivity index (χ1n) is 8.45. The zero-order valence-corrected chi connectivity index (χ0v) is 13.8. The second kappa shape index (κ2) is 5.84. The molecule has 2 atom stereocenters. The normalized spacial score (nSPS) is 31.8. The Labute approximate surface area is 132 Å². The summed E-state index contributed by atoms with van der Waals surface area (Å²) in [7, 11) is 0. The minimum atomic E-state index is -0.495. The molecule has 22 heavy (non-hydrogen) atoms. The van der Waals surface area contributed by atoms with E-state index in [4.69, 9.17) is 9.47 Å². The maximum Gasteiger partial charge on any atom is 0.410 e. The van der Waals surface area contributed by atoms with Gasteiger partial charge in [0.2, 0.25) is 0 Å². The van der Waals surface area contributed by atoms with Crippen LogP contribution in [0.25, 0.3) is 0 Å². The summed E-state index contributed by atoms with van der Waals surface area (Å²) in [6.07, 6.45) is 4.33. The lowest BCUT2D eigenvalue weighted by Crippen LogP contribution is -2.60. The molecule has 2 saturated heterocycles. The van der Waals surface area contributed by atoms with E-state index in [1.165, 1.54) is 12.8 Å². The zero-order valence-electron chi connectivity index (χ0n) is 13.8. The maximum absolute atomic E-state index is 12.5. The van der Waals surface area contributed by atoms with E-state index in [1.807, 2.05) is 25.7 Å². The molecule has 5 nitrogen and oxygen atoms in total. The summed E-state index contributed by atoms with van der Waals surface area (Å²) in [6.45, 7) is 6.67. The Balaban J connectivity index is 1.65. The van der Waals surface area contributed by atoms with Crippen molar-refractivity contribution in [1.29, 1.82) is 0 Å². The zero-order chi connectivity index (χ0) is 15.9. The van der Waals surface area contributed by atoms with Gasteiger partial charge in [0.1, 0.15) is 11.4 Å². The second-order valence-electron chi connectivity index (χ2n) is 8.01. The number of piperidine rings is 1. The van der Waals surface area contributed by atoms with Crippen LogP contribution in [0.3, 0.4) is 0 Å². The number of amides is 1. The highest BCUT2D eigenvalue weighted by Gasteiger charge is 2.45. The van der Waals surface area contributed by atoms with Crippen molar-refractivity contribution < 1.29 is 19.1 Å². The van der Waals surface area contributed by atoms with Gasteiger partial charge in [0, 0.05) is 12.3 Å². The summed E-state index contributed by atoms with van der Waals surface area (Å²) in [5.41, 5.74) is -0.495. The Morgan fingerprint density at radius 3 is 2.23 bits per heavy atom. The molecule has 5 heteroatoms. The standard InChI is InChI=1S/C17H27NO4/c1-17(2,3)22-16(20)18-13-7-12(8-14(18)10-21-9-13)15(19)6-11-4-5-11/h11-14H,4-10H2,1-3H3. The van der Waals surface area contributed by atoms with Crippen LogP contribution < -0.4 is 0 Å². The highest BCUT2D eigenvalue weighted by Crippen LogP contribution is 2.38. The van der Waals surface area contributed by atoms with E-state index in [-0.39, 0.29) is 24.1 Å². The van der Waals surface area contributed by atoms with E-state index in [0.717, 1.165) is 19.3 Å². The van der Waals surface area contributed by atoms with Crippen LogP contribution in [-0.2, 0) is 14.3 Å². The monoisotopic (exact) mass is 309 g/mol. The minimum absolute atomic E-state index is 0.0181. The van der Waals surface area contributed by atoms with Gasteiger partial charge in [-0.05, 0) is 52.4 Å². The van der Waals surface area contributed by atoms with Crippen molar-refractivity contribution in [3.05, 3.63) is 0 Å². The van der Waals surface area contributed by atoms with Gasteiger partial charge in [-0.3, -0.25) is 9.69 Å². The number of rotatable bonds is 3. The van der Waals surface area contributed by atoms with Gasteiger partial charge < -0.3 is 9.47 Å². The number of hydrogen-bond donors (Lipinski definition) is 0. The number of morpholine rings is 1. The number of fused-ring (bicyclic) bond motifs is 2. The first-order chi connectivity index (χ1) is 10.3. The van der Waals surface area contributed by atoms with Crippen LogP contribution in [0, 0.1) is 11.8 Å². The van der Waals surface area contributed by atoms with E-state index >= 15 is 0 Å². The van der Waals surface area contributed by atoms with E-state index < -0.39 is 5.60 Å². The Kier molecular flexibility index (Phi) is 4.19. The van der Waals surface area contributed by atoms with E-state index in [0.29, 0.717) is 24.9 Å². The summed E-state index contributed by atoms with van der Waals surface area (Å²) < 4.78 is 11.1. The number of hydrogen-bond acceptors (Lipinski definition) is 4. The van der Waals surface area contributed by atoms with Crippen molar-refractivity contribution in [3.8, 4) is 0 Å². The number of Topliss-reactive ketones (excluding diaryl/α,β-unsaturated/α-hetero) is 1. The molecule has 0 aromatic carbocycles. The minimum Gasteiger partial charge on any atom is -0.444 e. The quantitative estimate of drug-likeness (QED) is 0.804. The number of ketones is 1. The molecule has 2 aliphatic heterocycles. The van der Waals surface area contributed by atoms with E-state index in [9.17, 15) is 9.59 Å². The lowest BCUT2D eigenvalue weighted by molar-refractivity contribution is -0.132. The molecule has 124 valence electrons. The molecular formula is C17H27NO4. The van der Waals surface area contributed by atoms with E-state index in [1.54, 1.807) is 0 Å². The number of nitrogens with zero attached hydrogens (tertiary/aromatic N) is 1. The van der Waals surface area contributed by atoms with Gasteiger partial charge in [-0.2, -0.15) is 0 Å². The molecule has 3 fully saturated rings. The van der Waals surface area contributed by atoms with Crippen molar-refractivity contribution in [3.63, 3.8) is 0 Å². The largest absolute Gasteiger partial charge is 0.444 e. The summed E-state index contributed by atoms with van der Waals surface area (Å²) >= 11 is 0. The first kappa shape index (κ1) is 15.8. The fraction of sp³-hybridized carbons (Fsp3) is 0.882. The third-order valence-corrected chi connectivity index (χ3v) is 4.77. The van der Waals surface area contributed by atoms with Crippen LogP contribution in [0.2, 0.25) is 0 Å². The van der Waals surface area contributed by atoms with Crippen molar-refractivity contribution in [2.75, 3.05) is 13.2 Å². The molecule has 0 spiro atoms. The average Bonchev–Trinajstić information content (AvgIpc) is 3.18. The Morgan fingerprint density at radius 2 is 1.73 bits per heavy atom. The van der Waals surface area contributed by atoms with Crippen molar-refractivity contribution in [1.82, 2.24) is 4.90 Å². The summed E-state index contributed by atoms with van der Waals surface area (Å²) in [6, 6.07) is -0.0361. The Hall–Kier alpha value is -1.10. The van der Waals surface area contributed by atoms with Gasteiger partial charge in [0.05, 0.1) is 25.3 Å². The van der Waals surface area contributed by atoms with Crippen LogP contribution in [-0.4, -0.2) is 47.7 Å². The molecule has 3 rings (SSSR count). The molecule has 0 aromatic rings. The molecule has 0 radical (unpaired) electrons. The van der Waals surface area contributed by atoms with Gasteiger partial charge in [-0.25, -0.2) is 4.79 Å². The van der Waals surface area contributed by atoms with Gasteiger partial charge >= 0.3 is 6.09 Å². The molecule has 2 bridgehead atoms. The molecule has 2 heterocycles. The molecule has 0 aromatic heterocycles. The Morgan fingerprint density at radius 1 is 1.14 bits per heavy atom. The topological polar surface area (TPSA) is 55.8 Å². The number of carbonyl (C=O) groups excluding carboxylic acids is 2. The van der Waals surface area contributed by atoms with Crippen LogP contribution in [0.5, 0.6) is 0 Å². The maximum atomic E-state index is 12.5. The van der Waals surface area contributed by atoms with Crippen molar-refractivity contribution >= 4 is 11.9 Å². The van der Waals surface area contributed by atoms with Crippen molar-refractivity contribution in [2.45, 2.75) is 70.6 Å². The molecule has 2 unspecified atom stereocenters. The second-order valence-corrected chi connectivity index (χ2v) is 8.01. The molecule has 1 saturated carbocycles. The summed E-state index contributed by atoms with van der Waals surface area (Å²) in [5.74, 6) is 1.12. The number of carbonyl (C=O) groups is 2. The van der Waals surface area contributed by atoms with Gasteiger partial charge in [0.15, 0.2) is 0 Å². The molecular weight excluding hydrogens is 282 g/mol. The predicted octanol–water partition coefficient (Wildman–Crippen LogP) is 2.77. The van der Waals surface area contributed by atoms with Crippen LogP contribution in [0.15, 0.2) is 0 Å². The lowest BCUT2D eigenvalue weighted by atomic mass is 9.81. The number of ether oxygens (including phenoxy) is 2. The fourth-order valence-corrected chi connectivity index (χ4v) is 3.56. The van der Waals surface area contributed by atoms with Crippen LogP contribution in [0.1, 0.15) is 52.9 Å². The lowest BCUT2D eigenvalue weighted by Gasteiger charge is -2.47. The highest BCUT2D eigenvalue weighted by atomic mass is 16.6. The third-order valence-electron chi connectivity index (χ3n) is 4.77. The highest BCUT2D eigenvalue weighted by molar-refractivity contribution is 5.82. The molecule has 0 N–H and O–H groups in total. The van der Waals surface area contributed by atoms with Crippen LogP contribution in [0.4, 0.5) is 4.79 Å². The van der Waals surface area contributed by atoms with E-state index in [2.05, 4.69) is 0 Å². The smallest absolute Gasteiger partial charge is 0.410 e. The van der Waals surface area contributed by atoms with Gasteiger partial charge in [0.25, 0.3) is 0 Å². The molecule has 3 aliphatic rings. The van der Waals surface area contributed by atoms with Crippen molar-refractivity contribution in [2.24, 2.45) is 11.8 Å². The summed E-state index contributed by atoms with van der Waals surface area (Å²) in [4.78, 5) is 26.7. The van der Waals surface area contributed by atoms with Crippen LogP contribution >= 0.6 is 0 Å². The Bertz CT molecular complexity index is 438. The predicted molar refractivity (Wildman–Crippen MR) is 81.5 cm³/mol. The molecule has 1 aliphatic carbocycles. The summed E-state index contributed by atoms with van der Waals surface area (Å²) in [5, 5.41) is 0. The fourth-order valence-electron chi connectivity index (χ4n) is 3.56. The van der Waals surface area contributed by atoms with Gasteiger partial charge in [-0.15, -0.1) is 0 Å². The van der Waals surface area contributed by atoms with Gasteiger partial charge in [-0.1, -0.05) is 0 Å². The SMILES string of the molecule is CC(C)(C)OC(=O)N1C2COCC1CC(C(=O)CC1CC1)C2.